The lowest BCUT2D eigenvalue weighted by Gasteiger charge is -2.59. The van der Waals surface area contributed by atoms with Crippen molar-refractivity contribution in [2.45, 2.75) is 69.1 Å². The number of hydrogen-bond acceptors (Lipinski definition) is 3. The minimum atomic E-state index is -0.612. The quantitative estimate of drug-likeness (QED) is 0.414. The molecule has 4 saturated carbocycles. The van der Waals surface area contributed by atoms with Crippen LogP contribution < -0.4 is 22.3 Å². The van der Waals surface area contributed by atoms with Crippen LogP contribution in [0.3, 0.4) is 0 Å². The van der Waals surface area contributed by atoms with E-state index in [0.717, 1.165) is 60.2 Å². The zero-order valence-electron chi connectivity index (χ0n) is 21.7. The highest BCUT2D eigenvalue weighted by Gasteiger charge is 2.56. The summed E-state index contributed by atoms with van der Waals surface area (Å²) in [6.07, 6.45) is 13.0. The number of nitrogens with one attached hydrogen (secondary N) is 1. The number of aromatic nitrogens is 1. The molecule has 4 aliphatic carbocycles. The molecule has 3 saturated heterocycles. The molecule has 5 nitrogen and oxygen atoms in total. The molecular weight excluding hydrogens is 526 g/mol. The Morgan fingerprint density at radius 2 is 1.84 bits per heavy atom. The third-order valence-corrected chi connectivity index (χ3v) is 10.9. The fraction of sp³-hybridized carbons (Fsp3) is 0.613. The van der Waals surface area contributed by atoms with E-state index < -0.39 is 6.10 Å². The highest BCUT2D eigenvalue weighted by atomic mass is 79.9. The lowest BCUT2D eigenvalue weighted by Crippen LogP contribution is -3.00. The molecule has 6 heteroatoms. The Hall–Kier alpha value is -1.76. The summed E-state index contributed by atoms with van der Waals surface area (Å²) in [5.41, 5.74) is 1.90. The summed E-state index contributed by atoms with van der Waals surface area (Å²) in [4.78, 5) is 18.4. The van der Waals surface area contributed by atoms with Gasteiger partial charge in [0.1, 0.15) is 12.1 Å². The Morgan fingerprint density at radius 1 is 1.14 bits per heavy atom. The average molecular weight is 567 g/mol. The molecule has 6 bridgehead atoms. The second kappa shape index (κ2) is 9.46. The fourth-order valence-corrected chi connectivity index (χ4v) is 9.85. The van der Waals surface area contributed by atoms with E-state index in [1.165, 1.54) is 38.5 Å². The summed E-state index contributed by atoms with van der Waals surface area (Å²) in [6, 6.07) is 10.1. The summed E-state index contributed by atoms with van der Waals surface area (Å²) in [6.45, 7) is 6.50. The van der Waals surface area contributed by atoms with Crippen molar-refractivity contribution in [2.75, 3.05) is 19.6 Å². The number of aliphatic hydroxyl groups excluding tert-OH is 1. The number of fused-ring (bicyclic) bond motifs is 4. The Morgan fingerprint density at radius 3 is 2.54 bits per heavy atom. The number of halogens is 1. The minimum absolute atomic E-state index is 0. The first-order chi connectivity index (χ1) is 17.5. The average Bonchev–Trinajstić information content (AvgIpc) is 2.86. The van der Waals surface area contributed by atoms with Crippen molar-refractivity contribution in [3.05, 3.63) is 54.7 Å². The van der Waals surface area contributed by atoms with Crippen LogP contribution in [0, 0.1) is 29.6 Å². The van der Waals surface area contributed by atoms with Crippen LogP contribution in [0.1, 0.15) is 63.0 Å². The summed E-state index contributed by atoms with van der Waals surface area (Å²) < 4.78 is 0.684. The van der Waals surface area contributed by atoms with Gasteiger partial charge in [-0.1, -0.05) is 24.3 Å². The van der Waals surface area contributed by atoms with Gasteiger partial charge in [-0.3, -0.25) is 9.78 Å². The molecule has 3 aliphatic heterocycles. The van der Waals surface area contributed by atoms with E-state index in [9.17, 15) is 9.90 Å². The van der Waals surface area contributed by atoms with Crippen LogP contribution in [0.25, 0.3) is 10.9 Å². The second-order valence-corrected chi connectivity index (χ2v) is 13.1. The molecule has 1 amide bonds. The summed E-state index contributed by atoms with van der Waals surface area (Å²) in [7, 11) is 0. The number of para-hydroxylation sites is 1. The molecule has 1 aromatic carbocycles. The van der Waals surface area contributed by atoms with E-state index in [0.29, 0.717) is 22.9 Å². The molecule has 9 rings (SSSR count). The third-order valence-electron chi connectivity index (χ3n) is 10.9. The van der Waals surface area contributed by atoms with E-state index in [2.05, 4.69) is 29.0 Å². The third kappa shape index (κ3) is 4.28. The predicted molar refractivity (Wildman–Crippen MR) is 141 cm³/mol. The molecule has 7 aliphatic rings. The van der Waals surface area contributed by atoms with Gasteiger partial charge < -0.3 is 31.9 Å². The second-order valence-electron chi connectivity index (χ2n) is 13.1. The van der Waals surface area contributed by atoms with Crippen molar-refractivity contribution >= 4 is 16.8 Å². The van der Waals surface area contributed by atoms with Gasteiger partial charge in [0, 0.05) is 35.9 Å². The van der Waals surface area contributed by atoms with E-state index in [1.807, 2.05) is 30.5 Å². The SMILES string of the molecule is C=CC1C[N@+]2(CC(=O)NC34CC5CC(CC(C5)C3)C4)CCC1CC2C(O)c1ccnc2ccccc12.[Br-]. The van der Waals surface area contributed by atoms with Crippen molar-refractivity contribution < 1.29 is 31.4 Å². The number of piperidine rings is 3. The lowest BCUT2D eigenvalue weighted by molar-refractivity contribution is -0.966. The van der Waals surface area contributed by atoms with Crippen LogP contribution in [-0.2, 0) is 4.79 Å². The fourth-order valence-electron chi connectivity index (χ4n) is 9.85. The Bertz CT molecular complexity index is 1160. The van der Waals surface area contributed by atoms with Gasteiger partial charge in [0.15, 0.2) is 6.54 Å². The number of rotatable bonds is 6. The smallest absolute Gasteiger partial charge is 0.275 e. The van der Waals surface area contributed by atoms with Gasteiger partial charge in [-0.2, -0.15) is 0 Å². The van der Waals surface area contributed by atoms with Crippen LogP contribution in [0.5, 0.6) is 0 Å². The molecule has 37 heavy (non-hydrogen) atoms. The van der Waals surface area contributed by atoms with Gasteiger partial charge in [0.2, 0.25) is 0 Å². The van der Waals surface area contributed by atoms with E-state index >= 15 is 0 Å². The molecule has 0 spiro atoms. The van der Waals surface area contributed by atoms with Crippen LogP contribution in [-0.4, -0.2) is 51.7 Å². The highest BCUT2D eigenvalue weighted by molar-refractivity contribution is 5.82. The summed E-state index contributed by atoms with van der Waals surface area (Å²) >= 11 is 0. The predicted octanol–water partition coefficient (Wildman–Crippen LogP) is 1.77. The number of amides is 1. The van der Waals surface area contributed by atoms with E-state index in [4.69, 9.17) is 0 Å². The highest BCUT2D eigenvalue weighted by Crippen LogP contribution is 2.55. The van der Waals surface area contributed by atoms with Gasteiger partial charge in [-0.05, 0) is 79.9 Å². The van der Waals surface area contributed by atoms with E-state index in [-0.39, 0.29) is 34.5 Å². The van der Waals surface area contributed by atoms with Crippen LogP contribution in [0.4, 0.5) is 0 Å². The van der Waals surface area contributed by atoms with Crippen molar-refractivity contribution in [1.29, 1.82) is 0 Å². The first-order valence-corrected chi connectivity index (χ1v) is 14.3. The van der Waals surface area contributed by atoms with Crippen molar-refractivity contribution in [1.82, 2.24) is 10.3 Å². The Balaban J connectivity index is 0.00000252. The van der Waals surface area contributed by atoms with Gasteiger partial charge in [-0.25, -0.2) is 0 Å². The molecule has 4 heterocycles. The molecule has 2 aromatic rings. The van der Waals surface area contributed by atoms with Crippen LogP contribution in [0.2, 0.25) is 0 Å². The Kier molecular flexibility index (Phi) is 6.52. The van der Waals surface area contributed by atoms with Gasteiger partial charge in [-0.15, -0.1) is 6.58 Å². The minimum Gasteiger partial charge on any atom is -1.00 e. The molecule has 4 unspecified atom stereocenters. The number of hydrogen-bond donors (Lipinski definition) is 2. The van der Waals surface area contributed by atoms with Crippen LogP contribution >= 0.6 is 0 Å². The first kappa shape index (κ1) is 25.5. The molecule has 0 radical (unpaired) electrons. The largest absolute Gasteiger partial charge is 1.00 e. The Labute approximate surface area is 231 Å². The number of aliphatic hydroxyl groups is 1. The molecule has 5 atom stereocenters. The van der Waals surface area contributed by atoms with Crippen molar-refractivity contribution in [3.63, 3.8) is 0 Å². The molecule has 198 valence electrons. The molecule has 2 N–H and O–H groups in total. The number of nitrogens with zero attached hydrogens (tertiary/aromatic N) is 2. The van der Waals surface area contributed by atoms with Crippen LogP contribution in [0.15, 0.2) is 49.2 Å². The van der Waals surface area contributed by atoms with Gasteiger partial charge in [0.25, 0.3) is 5.91 Å². The lowest BCUT2D eigenvalue weighted by atomic mass is 9.53. The maximum Gasteiger partial charge on any atom is 0.275 e. The van der Waals surface area contributed by atoms with Crippen molar-refractivity contribution in [2.24, 2.45) is 29.6 Å². The maximum absolute atomic E-state index is 13.8. The monoisotopic (exact) mass is 565 g/mol. The number of carbonyl (C=O) groups is 1. The molecule has 1 aromatic heterocycles. The topological polar surface area (TPSA) is 62.2 Å². The number of benzene rings is 1. The summed E-state index contributed by atoms with van der Waals surface area (Å²) in [5, 5.41) is 16.6. The number of quaternary nitrogens is 1. The van der Waals surface area contributed by atoms with Gasteiger partial charge in [0.05, 0.1) is 18.6 Å². The standard InChI is InChI=1S/C31H39N3O2.BrH/c1-2-23-18-34(19-29(35)33-31-15-20-11-21(16-31)13-22(12-20)17-31)10-8-24(23)14-28(34)30(36)26-7-9-32-27-6-4-3-5-25(26)27;/h2-7,9,20-24,28,30,36H,1,8,10-19H2;1H/t20?,21?,22?,23?,24?,28?,30?,31?,34-;/m0./s1. The molecule has 7 fully saturated rings. The first-order valence-electron chi connectivity index (χ1n) is 14.3. The normalized spacial score (nSPS) is 40.2. The maximum atomic E-state index is 13.8. The zero-order valence-corrected chi connectivity index (χ0v) is 23.3. The van der Waals surface area contributed by atoms with Crippen molar-refractivity contribution in [3.8, 4) is 0 Å². The number of carbonyl (C=O) groups excluding carboxylic acids is 1. The number of pyridine rings is 1. The van der Waals surface area contributed by atoms with Gasteiger partial charge >= 0.3 is 0 Å². The summed E-state index contributed by atoms with van der Waals surface area (Å²) in [5.74, 6) is 3.61. The molecular formula is C31H40BrN3O2. The van der Waals surface area contributed by atoms with E-state index in [1.54, 1.807) is 0 Å². The zero-order chi connectivity index (χ0) is 24.5.